The van der Waals surface area contributed by atoms with Crippen LogP contribution in [0.4, 0.5) is 5.69 Å². The van der Waals surface area contributed by atoms with E-state index in [1.807, 2.05) is 18.2 Å². The van der Waals surface area contributed by atoms with Gasteiger partial charge in [0.25, 0.3) is 5.69 Å². The summed E-state index contributed by atoms with van der Waals surface area (Å²) in [4.78, 5) is 14.4. The number of benzene rings is 1. The number of rotatable bonds is 2. The second kappa shape index (κ2) is 4.78. The lowest BCUT2D eigenvalue weighted by Gasteiger charge is -2.05. The Balaban J connectivity index is 2.12. The zero-order valence-corrected chi connectivity index (χ0v) is 10.9. The van der Waals surface area contributed by atoms with Crippen molar-refractivity contribution in [3.63, 3.8) is 0 Å². The first-order chi connectivity index (χ1) is 9.65. The molecule has 1 aromatic carbocycles. The van der Waals surface area contributed by atoms with Crippen LogP contribution in [0.15, 0.2) is 53.7 Å². The average Bonchev–Trinajstić information content (AvgIpc) is 2.47. The molecule has 0 spiro atoms. The van der Waals surface area contributed by atoms with Crippen molar-refractivity contribution in [2.24, 2.45) is 0 Å². The molecule has 0 saturated carbocycles. The summed E-state index contributed by atoms with van der Waals surface area (Å²) >= 11 is 5.23. The number of non-ortho nitro benzene ring substituents is 1. The maximum atomic E-state index is 10.6. The third-order valence-corrected chi connectivity index (χ3v) is 3.11. The van der Waals surface area contributed by atoms with Gasteiger partial charge in [-0.15, -0.1) is 0 Å². The molecule has 0 unspecified atom stereocenters. The second-order valence-corrected chi connectivity index (χ2v) is 4.46. The largest absolute Gasteiger partial charge is 0.754 e. The molecular formula is C13H8N4O2S. The molecule has 7 heteroatoms. The molecular weight excluding hydrogens is 276 g/mol. The van der Waals surface area contributed by atoms with Crippen LogP contribution in [-0.4, -0.2) is 15.0 Å². The molecule has 0 aliphatic heterocycles. The summed E-state index contributed by atoms with van der Waals surface area (Å²) in [6.07, 6.45) is 1.78. The summed E-state index contributed by atoms with van der Waals surface area (Å²) in [7, 11) is 0. The zero-order chi connectivity index (χ0) is 14.1. The lowest BCUT2D eigenvalue weighted by molar-refractivity contribution is -0.582. The highest BCUT2D eigenvalue weighted by Gasteiger charge is 2.11. The Bertz CT molecular complexity index is 805. The molecule has 3 rings (SSSR count). The van der Waals surface area contributed by atoms with Crippen LogP contribution in [0.5, 0.6) is 0 Å². The Labute approximate surface area is 119 Å². The van der Waals surface area contributed by atoms with Crippen molar-refractivity contribution in [2.45, 2.75) is 5.03 Å². The van der Waals surface area contributed by atoms with Crippen molar-refractivity contribution in [2.75, 3.05) is 0 Å². The summed E-state index contributed by atoms with van der Waals surface area (Å²) in [5.74, 6) is 0.439. The van der Waals surface area contributed by atoms with Gasteiger partial charge in [0.1, 0.15) is 0 Å². The van der Waals surface area contributed by atoms with Gasteiger partial charge in [-0.2, -0.15) is 0 Å². The van der Waals surface area contributed by atoms with Crippen molar-refractivity contribution >= 4 is 23.8 Å². The standard InChI is InChI=1S/C13H8N4O2S/c18-17(19)10-6-4-9(5-7-10)12-14-13(20)11-3-1-2-8-16(11)15-12/h1-8H. The van der Waals surface area contributed by atoms with Gasteiger partial charge >= 0.3 is 0 Å². The van der Waals surface area contributed by atoms with E-state index in [-0.39, 0.29) is 5.69 Å². The van der Waals surface area contributed by atoms with E-state index in [1.54, 1.807) is 22.8 Å². The quantitative estimate of drug-likeness (QED) is 0.310. The molecule has 2 aromatic heterocycles. The average molecular weight is 284 g/mol. The fraction of sp³-hybridized carbons (Fsp3) is 0. The van der Waals surface area contributed by atoms with Crippen LogP contribution in [-0.2, 0) is 12.6 Å². The van der Waals surface area contributed by atoms with Gasteiger partial charge in [0.2, 0.25) is 17.5 Å². The first-order valence-electron chi connectivity index (χ1n) is 5.76. The molecule has 98 valence electrons. The Morgan fingerprint density at radius 3 is 2.60 bits per heavy atom. The monoisotopic (exact) mass is 284 g/mol. The third kappa shape index (κ3) is 2.14. The number of nitrogens with zero attached hydrogens (tertiary/aromatic N) is 4. The minimum absolute atomic E-state index is 0.0285. The Kier molecular flexibility index (Phi) is 2.96. The van der Waals surface area contributed by atoms with Crippen LogP contribution in [0.1, 0.15) is 0 Å². The van der Waals surface area contributed by atoms with E-state index in [0.717, 1.165) is 5.52 Å². The van der Waals surface area contributed by atoms with E-state index >= 15 is 0 Å². The van der Waals surface area contributed by atoms with Crippen LogP contribution >= 0.6 is 0 Å². The molecule has 20 heavy (non-hydrogen) atoms. The fourth-order valence-corrected chi connectivity index (χ4v) is 2.07. The smallest absolute Gasteiger partial charge is 0.269 e. The summed E-state index contributed by atoms with van der Waals surface area (Å²) in [6, 6.07) is 11.6. The predicted octanol–water partition coefficient (Wildman–Crippen LogP) is 1.70. The van der Waals surface area contributed by atoms with Crippen molar-refractivity contribution in [1.82, 2.24) is 10.1 Å². The molecule has 0 aliphatic rings. The van der Waals surface area contributed by atoms with Crippen molar-refractivity contribution in [3.05, 3.63) is 58.8 Å². The number of nitro benzene ring substituents is 1. The number of hydrogen-bond acceptors (Lipinski definition) is 5. The topological polar surface area (TPSA) is 73.0 Å². The number of aromatic nitrogens is 3. The summed E-state index contributed by atoms with van der Waals surface area (Å²) < 4.78 is 1.64. The Morgan fingerprint density at radius 1 is 1.15 bits per heavy atom. The van der Waals surface area contributed by atoms with Crippen LogP contribution in [0.25, 0.3) is 16.9 Å². The SMILES string of the molecule is O=[N+]([O-])c1ccc(-c2nc([S-])c3cccc[n+]3n2)cc1. The maximum Gasteiger partial charge on any atom is 0.269 e. The van der Waals surface area contributed by atoms with Crippen LogP contribution in [0, 0.1) is 10.1 Å². The van der Waals surface area contributed by atoms with E-state index in [4.69, 9.17) is 12.6 Å². The van der Waals surface area contributed by atoms with Gasteiger partial charge in [0, 0.05) is 34.9 Å². The molecule has 6 nitrogen and oxygen atoms in total. The molecule has 0 aliphatic carbocycles. The van der Waals surface area contributed by atoms with Gasteiger partial charge in [-0.3, -0.25) is 10.1 Å². The van der Waals surface area contributed by atoms with Gasteiger partial charge in [-0.05, 0) is 23.2 Å². The molecule has 0 amide bonds. The fourth-order valence-electron chi connectivity index (χ4n) is 1.82. The molecule has 0 radical (unpaired) electrons. The van der Waals surface area contributed by atoms with Gasteiger partial charge in [-0.25, -0.2) is 4.98 Å². The van der Waals surface area contributed by atoms with E-state index in [9.17, 15) is 10.1 Å². The molecule has 3 aromatic rings. The normalized spacial score (nSPS) is 10.6. The molecule has 0 N–H and O–H groups in total. The lowest BCUT2D eigenvalue weighted by Crippen LogP contribution is -2.28. The minimum atomic E-state index is -0.446. The highest BCUT2D eigenvalue weighted by molar-refractivity contribution is 7.58. The zero-order valence-electron chi connectivity index (χ0n) is 10.1. The van der Waals surface area contributed by atoms with Crippen LogP contribution in [0.3, 0.4) is 0 Å². The lowest BCUT2D eigenvalue weighted by atomic mass is 10.2. The second-order valence-electron chi connectivity index (χ2n) is 4.07. The Morgan fingerprint density at radius 2 is 1.90 bits per heavy atom. The van der Waals surface area contributed by atoms with Gasteiger partial charge in [-0.1, -0.05) is 4.52 Å². The molecule has 2 heterocycles. The molecule has 0 atom stereocenters. The summed E-state index contributed by atoms with van der Waals surface area (Å²) in [6.45, 7) is 0. The molecule has 0 fully saturated rings. The number of hydrogen-bond donors (Lipinski definition) is 0. The summed E-state index contributed by atoms with van der Waals surface area (Å²) in [5.41, 5.74) is 1.45. The van der Waals surface area contributed by atoms with Gasteiger partial charge < -0.3 is 12.6 Å². The maximum absolute atomic E-state index is 10.6. The summed E-state index contributed by atoms with van der Waals surface area (Å²) in [5, 5.41) is 15.4. The van der Waals surface area contributed by atoms with Crippen molar-refractivity contribution in [1.29, 1.82) is 0 Å². The Hall–Kier alpha value is -2.67. The van der Waals surface area contributed by atoms with Crippen LogP contribution < -0.4 is 4.52 Å². The number of pyridine rings is 1. The minimum Gasteiger partial charge on any atom is -0.754 e. The van der Waals surface area contributed by atoms with Crippen molar-refractivity contribution in [3.8, 4) is 11.4 Å². The first-order valence-corrected chi connectivity index (χ1v) is 6.16. The highest BCUT2D eigenvalue weighted by Crippen LogP contribution is 2.19. The van der Waals surface area contributed by atoms with Crippen molar-refractivity contribution < 1.29 is 9.44 Å². The van der Waals surface area contributed by atoms with E-state index in [2.05, 4.69) is 10.1 Å². The van der Waals surface area contributed by atoms with Crippen LogP contribution in [0.2, 0.25) is 0 Å². The number of fused-ring (bicyclic) bond motifs is 1. The van der Waals surface area contributed by atoms with E-state index in [0.29, 0.717) is 16.4 Å². The predicted molar refractivity (Wildman–Crippen MR) is 72.9 cm³/mol. The molecule has 0 saturated heterocycles. The van der Waals surface area contributed by atoms with Gasteiger partial charge in [0.05, 0.1) is 4.92 Å². The first kappa shape index (κ1) is 12.4. The number of nitro groups is 1. The van der Waals surface area contributed by atoms with E-state index < -0.39 is 4.92 Å². The molecule has 0 bridgehead atoms. The van der Waals surface area contributed by atoms with E-state index in [1.165, 1.54) is 12.1 Å². The van der Waals surface area contributed by atoms with Gasteiger partial charge in [0.15, 0.2) is 0 Å². The third-order valence-electron chi connectivity index (χ3n) is 2.80. The highest BCUT2D eigenvalue weighted by atomic mass is 32.1.